The van der Waals surface area contributed by atoms with Crippen molar-refractivity contribution in [2.45, 2.75) is 52.0 Å². The van der Waals surface area contributed by atoms with E-state index in [1.165, 1.54) is 0 Å². The first-order valence-corrected chi connectivity index (χ1v) is 14.0. The number of aromatic hydroxyl groups is 1. The Kier molecular flexibility index (Phi) is 12.8. The van der Waals surface area contributed by atoms with Crippen LogP contribution in [0.4, 0.5) is 0 Å². The zero-order chi connectivity index (χ0) is 31.6. The van der Waals surface area contributed by atoms with E-state index < -0.39 is 5.41 Å². The summed E-state index contributed by atoms with van der Waals surface area (Å²) in [4.78, 5) is 0. The first kappa shape index (κ1) is 34.3. The predicted octanol–water partition coefficient (Wildman–Crippen LogP) is 5.64. The van der Waals surface area contributed by atoms with Crippen molar-refractivity contribution in [1.82, 2.24) is 0 Å². The Labute approximate surface area is 255 Å². The molecule has 0 amide bonds. The number of benzene rings is 3. The van der Waals surface area contributed by atoms with Crippen LogP contribution in [-0.4, -0.2) is 62.0 Å². The van der Waals surface area contributed by atoms with Gasteiger partial charge in [0.15, 0.2) is 0 Å². The van der Waals surface area contributed by atoms with Crippen molar-refractivity contribution >= 4 is 0 Å². The molecule has 0 bridgehead atoms. The van der Waals surface area contributed by atoms with Crippen molar-refractivity contribution in [3.8, 4) is 17.2 Å². The highest BCUT2D eigenvalue weighted by Crippen LogP contribution is 2.46. The summed E-state index contributed by atoms with van der Waals surface area (Å²) in [5, 5.41) is 11.1. The molecule has 3 aromatic rings. The average molecular weight is 599 g/mol. The molecule has 3 aromatic carbocycles. The third-order valence-electron chi connectivity index (χ3n) is 7.69. The molecule has 1 N–H and O–H groups in total. The molecule has 0 aliphatic rings. The lowest BCUT2D eigenvalue weighted by atomic mass is 9.69. The summed E-state index contributed by atoms with van der Waals surface area (Å²) in [5.41, 5.74) is 6.96. The minimum absolute atomic E-state index is 0.152. The Morgan fingerprint density at radius 3 is 0.907 bits per heavy atom. The first-order valence-electron chi connectivity index (χ1n) is 14.0. The third kappa shape index (κ3) is 7.32. The number of phenols is 1. The van der Waals surface area contributed by atoms with E-state index in [4.69, 9.17) is 37.9 Å². The molecule has 0 spiro atoms. The molecule has 0 aliphatic carbocycles. The molecule has 43 heavy (non-hydrogen) atoms. The van der Waals surface area contributed by atoms with Gasteiger partial charge in [0.05, 0.1) is 53.9 Å². The quantitative estimate of drug-likeness (QED) is 0.198. The van der Waals surface area contributed by atoms with Crippen molar-refractivity contribution in [2.24, 2.45) is 0 Å². The molecule has 9 nitrogen and oxygen atoms in total. The van der Waals surface area contributed by atoms with Gasteiger partial charge in [-0.1, -0.05) is 0 Å². The maximum Gasteiger partial charge on any atom is 0.129 e. The lowest BCUT2D eigenvalue weighted by molar-refractivity contribution is 0.173. The Morgan fingerprint density at radius 1 is 0.442 bits per heavy atom. The first-order chi connectivity index (χ1) is 20.8. The SMILES string of the molecule is COCc1cc(C(C)(c2cc(COC)c(OC)c(COC)c2)c2cc(COC)c(OC)c(COC)c2)cc(COC)c1O. The molecular weight excluding hydrogens is 552 g/mol. The lowest BCUT2D eigenvalue weighted by Gasteiger charge is -2.35. The topological polar surface area (TPSA) is 94.1 Å². The van der Waals surface area contributed by atoms with E-state index in [0.29, 0.717) is 37.6 Å². The van der Waals surface area contributed by atoms with Gasteiger partial charge in [-0.15, -0.1) is 0 Å². The summed E-state index contributed by atoms with van der Waals surface area (Å²) in [5.74, 6) is 1.59. The Hall–Kier alpha value is -3.18. The van der Waals surface area contributed by atoms with Crippen LogP contribution < -0.4 is 9.47 Å². The van der Waals surface area contributed by atoms with Crippen LogP contribution in [-0.2, 0) is 73.5 Å². The monoisotopic (exact) mass is 598 g/mol. The highest BCUT2D eigenvalue weighted by molar-refractivity contribution is 5.60. The van der Waals surface area contributed by atoms with Crippen molar-refractivity contribution in [1.29, 1.82) is 0 Å². The Balaban J connectivity index is 2.54. The number of ether oxygens (including phenoxy) is 8. The molecule has 9 heteroatoms. The third-order valence-corrected chi connectivity index (χ3v) is 7.69. The number of hydrogen-bond donors (Lipinski definition) is 1. The maximum absolute atomic E-state index is 11.1. The zero-order valence-corrected chi connectivity index (χ0v) is 26.9. The average Bonchev–Trinajstić information content (AvgIpc) is 2.99. The minimum Gasteiger partial charge on any atom is -0.507 e. The minimum atomic E-state index is -0.771. The molecule has 0 fully saturated rings. The van der Waals surface area contributed by atoms with E-state index in [-0.39, 0.29) is 19.0 Å². The van der Waals surface area contributed by atoms with Gasteiger partial charge in [-0.25, -0.2) is 0 Å². The van der Waals surface area contributed by atoms with Crippen LogP contribution in [0.25, 0.3) is 0 Å². The fraction of sp³-hybridized carbons (Fsp3) is 0.471. The van der Waals surface area contributed by atoms with Crippen LogP contribution in [0, 0.1) is 0 Å². The van der Waals surface area contributed by atoms with E-state index in [1.807, 2.05) is 12.1 Å². The molecule has 0 atom stereocenters. The van der Waals surface area contributed by atoms with E-state index >= 15 is 0 Å². The number of hydrogen-bond acceptors (Lipinski definition) is 9. The van der Waals surface area contributed by atoms with Gasteiger partial charge in [0, 0.05) is 81.5 Å². The fourth-order valence-electron chi connectivity index (χ4n) is 5.74. The summed E-state index contributed by atoms with van der Waals surface area (Å²) < 4.78 is 45.0. The zero-order valence-electron chi connectivity index (χ0n) is 26.9. The summed E-state index contributed by atoms with van der Waals surface area (Å²) in [6.45, 7) is 3.99. The fourth-order valence-corrected chi connectivity index (χ4v) is 5.74. The van der Waals surface area contributed by atoms with Gasteiger partial charge >= 0.3 is 0 Å². The van der Waals surface area contributed by atoms with Crippen LogP contribution in [0.15, 0.2) is 36.4 Å². The lowest BCUT2D eigenvalue weighted by Crippen LogP contribution is -2.27. The van der Waals surface area contributed by atoms with E-state index in [0.717, 1.165) is 50.4 Å². The van der Waals surface area contributed by atoms with Gasteiger partial charge in [0.1, 0.15) is 17.2 Å². The number of rotatable bonds is 17. The van der Waals surface area contributed by atoms with Crippen LogP contribution in [0.5, 0.6) is 17.2 Å². The second kappa shape index (κ2) is 16.0. The molecule has 0 heterocycles. The van der Waals surface area contributed by atoms with Gasteiger partial charge in [-0.2, -0.15) is 0 Å². The number of methoxy groups -OCH3 is 8. The van der Waals surface area contributed by atoms with Crippen LogP contribution >= 0.6 is 0 Å². The van der Waals surface area contributed by atoms with E-state index in [1.54, 1.807) is 56.9 Å². The summed E-state index contributed by atoms with van der Waals surface area (Å²) in [6, 6.07) is 12.4. The van der Waals surface area contributed by atoms with Gasteiger partial charge in [0.2, 0.25) is 0 Å². The van der Waals surface area contributed by atoms with Gasteiger partial charge < -0.3 is 43.0 Å². The summed E-state index contributed by atoms with van der Waals surface area (Å²) >= 11 is 0. The second-order valence-corrected chi connectivity index (χ2v) is 10.5. The standard InChI is InChI=1S/C34H46O9/c1-34(28-10-22(16-36-2)31(35)23(11-28)17-37-3,29-12-24(18-38-4)32(42-8)25(13-29)19-39-5)30-14-26(20-40-6)33(43-9)27(15-30)21-41-7/h10-15,35H,16-21H2,1-9H3. The highest BCUT2D eigenvalue weighted by Gasteiger charge is 2.35. The highest BCUT2D eigenvalue weighted by atomic mass is 16.5. The number of phenolic OH excluding ortho intramolecular Hbond substituents is 1. The van der Waals surface area contributed by atoms with Crippen molar-refractivity contribution < 1.29 is 43.0 Å². The van der Waals surface area contributed by atoms with Gasteiger partial charge in [0.25, 0.3) is 0 Å². The molecule has 0 aliphatic heterocycles. The Bertz CT molecular complexity index is 1200. The molecule has 0 saturated carbocycles. The molecule has 0 radical (unpaired) electrons. The molecule has 0 saturated heterocycles. The molecule has 0 aromatic heterocycles. The van der Waals surface area contributed by atoms with Gasteiger partial charge in [-0.05, 0) is 60.0 Å². The van der Waals surface area contributed by atoms with Crippen molar-refractivity contribution in [2.75, 3.05) is 56.9 Å². The largest absolute Gasteiger partial charge is 0.507 e. The van der Waals surface area contributed by atoms with Crippen molar-refractivity contribution in [3.05, 3.63) is 86.5 Å². The van der Waals surface area contributed by atoms with Gasteiger partial charge in [-0.3, -0.25) is 0 Å². The van der Waals surface area contributed by atoms with Crippen LogP contribution in [0.2, 0.25) is 0 Å². The van der Waals surface area contributed by atoms with E-state index in [9.17, 15) is 5.11 Å². The van der Waals surface area contributed by atoms with Crippen molar-refractivity contribution in [3.63, 3.8) is 0 Å². The molecule has 236 valence electrons. The maximum atomic E-state index is 11.1. The van der Waals surface area contributed by atoms with Crippen LogP contribution in [0.1, 0.15) is 57.0 Å². The smallest absolute Gasteiger partial charge is 0.129 e. The second-order valence-electron chi connectivity index (χ2n) is 10.5. The predicted molar refractivity (Wildman–Crippen MR) is 164 cm³/mol. The Morgan fingerprint density at radius 2 is 0.674 bits per heavy atom. The molecular formula is C34H46O9. The molecule has 0 unspecified atom stereocenters. The summed E-state index contributed by atoms with van der Waals surface area (Å²) in [7, 11) is 13.2. The van der Waals surface area contributed by atoms with E-state index in [2.05, 4.69) is 31.2 Å². The van der Waals surface area contributed by atoms with Crippen LogP contribution in [0.3, 0.4) is 0 Å². The normalized spacial score (nSPS) is 11.7. The molecule has 3 rings (SSSR count). The summed E-state index contributed by atoms with van der Waals surface area (Å²) in [6.07, 6.45) is 0.